The molecule has 1 atom stereocenters. The van der Waals surface area contributed by atoms with E-state index in [0.717, 1.165) is 6.07 Å². The van der Waals surface area contributed by atoms with E-state index in [1.54, 1.807) is 6.07 Å². The molecule has 0 saturated carbocycles. The highest BCUT2D eigenvalue weighted by Gasteiger charge is 2.35. The maximum atomic E-state index is 12.7. The number of hydrogen-bond acceptors (Lipinski definition) is 4. The van der Waals surface area contributed by atoms with Gasteiger partial charge in [0.1, 0.15) is 5.69 Å². The number of rotatable bonds is 4. The van der Waals surface area contributed by atoms with Crippen molar-refractivity contribution in [2.24, 2.45) is 0 Å². The molecule has 132 valence electrons. The maximum Gasteiger partial charge on any atom is 0.451 e. The number of anilines is 1. The van der Waals surface area contributed by atoms with E-state index in [1.807, 2.05) is 0 Å². The van der Waals surface area contributed by atoms with Crippen LogP contribution in [0.15, 0.2) is 30.3 Å². The number of aromatic nitrogens is 2. The van der Waals surface area contributed by atoms with Crippen LogP contribution in [0.5, 0.6) is 0 Å². The molecule has 0 aliphatic carbocycles. The van der Waals surface area contributed by atoms with Gasteiger partial charge < -0.3 is 10.4 Å². The van der Waals surface area contributed by atoms with Crippen LogP contribution in [-0.4, -0.2) is 27.0 Å². The molecule has 0 aliphatic rings. The number of halogens is 3. The van der Waals surface area contributed by atoms with Gasteiger partial charge in [-0.1, -0.05) is 12.1 Å². The van der Waals surface area contributed by atoms with E-state index in [2.05, 4.69) is 15.3 Å². The molecule has 1 amide bonds. The molecule has 2 aromatic rings. The van der Waals surface area contributed by atoms with Crippen LogP contribution in [0.4, 0.5) is 18.9 Å². The van der Waals surface area contributed by atoms with Gasteiger partial charge in [0.15, 0.2) is 0 Å². The van der Waals surface area contributed by atoms with Crippen molar-refractivity contribution in [3.05, 3.63) is 53.1 Å². The topological polar surface area (TPSA) is 92.2 Å². The zero-order valence-electron chi connectivity index (χ0n) is 13.3. The minimum atomic E-state index is -4.77. The van der Waals surface area contributed by atoms with Gasteiger partial charge >= 0.3 is 12.1 Å². The van der Waals surface area contributed by atoms with E-state index in [-0.39, 0.29) is 11.4 Å². The highest BCUT2D eigenvalue weighted by Crippen LogP contribution is 2.26. The van der Waals surface area contributed by atoms with Crippen LogP contribution in [0.3, 0.4) is 0 Å². The van der Waals surface area contributed by atoms with Crippen LogP contribution in [0.25, 0.3) is 0 Å². The number of amides is 1. The van der Waals surface area contributed by atoms with Crippen molar-refractivity contribution < 1.29 is 27.9 Å². The number of carboxylic acid groups (broad SMARTS) is 1. The number of carboxylic acids is 1. The fraction of sp³-hybridized carbons (Fsp3) is 0.250. The summed E-state index contributed by atoms with van der Waals surface area (Å²) in [5, 5.41) is 11.4. The molecule has 2 N–H and O–H groups in total. The number of carbonyl (C=O) groups excluding carboxylic acids is 1. The first-order valence-corrected chi connectivity index (χ1v) is 7.15. The second-order valence-electron chi connectivity index (χ2n) is 5.36. The molecule has 1 aromatic carbocycles. The number of alkyl halides is 3. The predicted octanol–water partition coefficient (Wildman–Crippen LogP) is 3.24. The summed E-state index contributed by atoms with van der Waals surface area (Å²) in [4.78, 5) is 29.7. The zero-order chi connectivity index (χ0) is 18.8. The molecular formula is C16H14F3N3O3. The largest absolute Gasteiger partial charge is 0.481 e. The van der Waals surface area contributed by atoms with Crippen molar-refractivity contribution in [3.63, 3.8) is 0 Å². The number of hydrogen-bond donors (Lipinski definition) is 2. The number of aryl methyl sites for hydroxylation is 1. The Bertz CT molecular complexity index is 822. The van der Waals surface area contributed by atoms with Crippen molar-refractivity contribution in [1.82, 2.24) is 9.97 Å². The van der Waals surface area contributed by atoms with Crippen molar-refractivity contribution in [2.45, 2.75) is 25.9 Å². The van der Waals surface area contributed by atoms with Gasteiger partial charge in [-0.25, -0.2) is 9.97 Å². The predicted molar refractivity (Wildman–Crippen MR) is 82.2 cm³/mol. The number of aliphatic carboxylic acids is 1. The Morgan fingerprint density at radius 1 is 1.20 bits per heavy atom. The first kappa shape index (κ1) is 18.4. The van der Waals surface area contributed by atoms with Crippen molar-refractivity contribution in [1.29, 1.82) is 0 Å². The van der Waals surface area contributed by atoms with Gasteiger partial charge in [-0.3, -0.25) is 9.59 Å². The van der Waals surface area contributed by atoms with Gasteiger partial charge in [-0.15, -0.1) is 0 Å². The molecule has 0 aliphatic heterocycles. The van der Waals surface area contributed by atoms with Crippen molar-refractivity contribution in [2.75, 3.05) is 5.32 Å². The summed E-state index contributed by atoms with van der Waals surface area (Å²) in [7, 11) is 0. The Hall–Kier alpha value is -2.97. The molecule has 2 rings (SSSR count). The molecule has 0 radical (unpaired) electrons. The molecular weight excluding hydrogens is 339 g/mol. The second-order valence-corrected chi connectivity index (χ2v) is 5.36. The lowest BCUT2D eigenvalue weighted by atomic mass is 10.0. The van der Waals surface area contributed by atoms with Gasteiger partial charge in [0.25, 0.3) is 5.91 Å². The Kier molecular flexibility index (Phi) is 5.05. The fourth-order valence-electron chi connectivity index (χ4n) is 2.04. The van der Waals surface area contributed by atoms with E-state index >= 15 is 0 Å². The Morgan fingerprint density at radius 3 is 2.48 bits per heavy atom. The van der Waals surface area contributed by atoms with Crippen LogP contribution < -0.4 is 5.32 Å². The molecule has 1 heterocycles. The Labute approximate surface area is 140 Å². The zero-order valence-corrected chi connectivity index (χ0v) is 13.3. The van der Waals surface area contributed by atoms with Gasteiger partial charge in [0.2, 0.25) is 5.82 Å². The van der Waals surface area contributed by atoms with Gasteiger partial charge in [0, 0.05) is 11.4 Å². The smallest absolute Gasteiger partial charge is 0.451 e. The summed E-state index contributed by atoms with van der Waals surface area (Å²) in [6.45, 7) is 2.80. The molecule has 1 aromatic heterocycles. The summed E-state index contributed by atoms with van der Waals surface area (Å²) in [5.74, 6) is -4.08. The summed E-state index contributed by atoms with van der Waals surface area (Å²) in [6.07, 6.45) is -4.77. The van der Waals surface area contributed by atoms with Gasteiger partial charge in [-0.05, 0) is 37.6 Å². The van der Waals surface area contributed by atoms with Crippen LogP contribution in [0.2, 0.25) is 0 Å². The standard InChI is InChI=1S/C16H14F3N3O3/c1-8-6-12(22-15(20-8)16(17,18)19)13(23)21-11-5-3-4-10(7-11)9(2)14(24)25/h3-7,9H,1-2H3,(H,21,23)(H,24,25). The van der Waals surface area contributed by atoms with Crippen molar-refractivity contribution in [3.8, 4) is 0 Å². The summed E-state index contributed by atoms with van der Waals surface area (Å²) in [6, 6.07) is 7.18. The molecule has 9 heteroatoms. The van der Waals surface area contributed by atoms with E-state index in [9.17, 15) is 22.8 Å². The minimum absolute atomic E-state index is 0.000671. The minimum Gasteiger partial charge on any atom is -0.481 e. The lowest BCUT2D eigenvalue weighted by Crippen LogP contribution is -2.19. The number of carbonyl (C=O) groups is 2. The highest BCUT2D eigenvalue weighted by atomic mass is 19.4. The summed E-state index contributed by atoms with van der Waals surface area (Å²) < 4.78 is 38.2. The maximum absolute atomic E-state index is 12.7. The molecule has 0 spiro atoms. The van der Waals surface area contributed by atoms with Crippen LogP contribution in [0, 0.1) is 6.92 Å². The number of nitrogens with zero attached hydrogens (tertiary/aromatic N) is 2. The van der Waals surface area contributed by atoms with Gasteiger partial charge in [-0.2, -0.15) is 13.2 Å². The SMILES string of the molecule is Cc1cc(C(=O)Nc2cccc(C(C)C(=O)O)c2)nc(C(F)(F)F)n1. The van der Waals surface area contributed by atoms with Crippen molar-refractivity contribution >= 4 is 17.6 Å². The molecule has 6 nitrogen and oxygen atoms in total. The number of benzene rings is 1. The highest BCUT2D eigenvalue weighted by molar-refractivity contribution is 6.03. The third-order valence-electron chi connectivity index (χ3n) is 3.36. The normalized spacial score (nSPS) is 12.5. The number of nitrogens with one attached hydrogen (secondary N) is 1. The quantitative estimate of drug-likeness (QED) is 0.880. The summed E-state index contributed by atoms with van der Waals surface area (Å²) in [5.41, 5.74) is 0.262. The average molecular weight is 353 g/mol. The van der Waals surface area contributed by atoms with Crippen LogP contribution >= 0.6 is 0 Å². The summed E-state index contributed by atoms with van der Waals surface area (Å²) >= 11 is 0. The lowest BCUT2D eigenvalue weighted by molar-refractivity contribution is -0.145. The van der Waals surface area contributed by atoms with E-state index in [1.165, 1.54) is 32.0 Å². The first-order valence-electron chi connectivity index (χ1n) is 7.15. The Balaban J connectivity index is 2.27. The van der Waals surface area contributed by atoms with Gasteiger partial charge in [0.05, 0.1) is 5.92 Å². The second kappa shape index (κ2) is 6.88. The average Bonchev–Trinajstić information content (AvgIpc) is 2.52. The van der Waals surface area contributed by atoms with Crippen LogP contribution in [0.1, 0.15) is 40.4 Å². The Morgan fingerprint density at radius 2 is 1.88 bits per heavy atom. The third kappa shape index (κ3) is 4.52. The van der Waals surface area contributed by atoms with E-state index in [4.69, 9.17) is 5.11 Å². The van der Waals surface area contributed by atoms with E-state index in [0.29, 0.717) is 5.56 Å². The molecule has 0 saturated heterocycles. The molecule has 25 heavy (non-hydrogen) atoms. The lowest BCUT2D eigenvalue weighted by Gasteiger charge is -2.11. The monoisotopic (exact) mass is 353 g/mol. The molecule has 0 fully saturated rings. The van der Waals surface area contributed by atoms with E-state index < -0.39 is 35.5 Å². The fourth-order valence-corrected chi connectivity index (χ4v) is 2.04. The van der Waals surface area contributed by atoms with Crippen LogP contribution in [-0.2, 0) is 11.0 Å². The third-order valence-corrected chi connectivity index (χ3v) is 3.36. The molecule has 1 unspecified atom stereocenters. The molecule has 0 bridgehead atoms. The first-order chi connectivity index (χ1) is 11.6.